The van der Waals surface area contributed by atoms with E-state index in [1.807, 2.05) is 6.07 Å². The number of ether oxygens (including phenoxy) is 1. The summed E-state index contributed by atoms with van der Waals surface area (Å²) in [5.41, 5.74) is 2.23. The van der Waals surface area contributed by atoms with E-state index in [0.717, 1.165) is 18.1 Å². The third-order valence-corrected chi connectivity index (χ3v) is 3.07. The number of benzene rings is 2. The number of hydrogen-bond acceptors (Lipinski definition) is 1. The van der Waals surface area contributed by atoms with Crippen molar-refractivity contribution in [1.82, 2.24) is 0 Å². The Labute approximate surface area is 120 Å². The third kappa shape index (κ3) is 4.29. The van der Waals surface area contributed by atoms with Gasteiger partial charge in [0.25, 0.3) is 0 Å². The second-order valence-corrected chi connectivity index (χ2v) is 4.70. The molecule has 2 rings (SSSR count). The Balaban J connectivity index is 2.09. The molecule has 0 unspecified atom stereocenters. The van der Waals surface area contributed by atoms with Gasteiger partial charge in [-0.05, 0) is 41.8 Å². The van der Waals surface area contributed by atoms with Gasteiger partial charge in [0.2, 0.25) is 0 Å². The minimum Gasteiger partial charge on any atom is -0.364 e. The molecule has 0 bridgehead atoms. The van der Waals surface area contributed by atoms with Crippen LogP contribution in [0.1, 0.15) is 12.5 Å². The van der Waals surface area contributed by atoms with E-state index in [-0.39, 0.29) is 12.4 Å². The molecular formula is C16H14F4O. The van der Waals surface area contributed by atoms with Crippen LogP contribution in [0.5, 0.6) is 0 Å². The van der Waals surface area contributed by atoms with Crippen molar-refractivity contribution in [1.29, 1.82) is 0 Å². The van der Waals surface area contributed by atoms with Crippen LogP contribution in [0, 0.1) is 5.82 Å². The Morgan fingerprint density at radius 2 is 1.67 bits per heavy atom. The van der Waals surface area contributed by atoms with Crippen LogP contribution in [-0.4, -0.2) is 12.3 Å². The molecule has 0 radical (unpaired) electrons. The zero-order valence-corrected chi connectivity index (χ0v) is 11.3. The van der Waals surface area contributed by atoms with Crippen LogP contribution in [0.15, 0.2) is 48.5 Å². The Kier molecular flexibility index (Phi) is 4.63. The highest BCUT2D eigenvalue weighted by Crippen LogP contribution is 2.25. The summed E-state index contributed by atoms with van der Waals surface area (Å²) in [4.78, 5) is 0. The molecule has 0 spiro atoms. The fraction of sp³-hybridized carbons (Fsp3) is 0.250. The van der Waals surface area contributed by atoms with Gasteiger partial charge in [-0.3, -0.25) is 0 Å². The lowest BCUT2D eigenvalue weighted by atomic mass is 10.0. The summed E-state index contributed by atoms with van der Waals surface area (Å²) in [7, 11) is 0. The molecule has 0 aromatic heterocycles. The molecule has 0 aliphatic carbocycles. The van der Waals surface area contributed by atoms with E-state index in [0.29, 0.717) is 5.56 Å². The van der Waals surface area contributed by atoms with Gasteiger partial charge in [-0.15, -0.1) is 0 Å². The van der Waals surface area contributed by atoms with E-state index in [9.17, 15) is 17.6 Å². The molecule has 2 aromatic carbocycles. The summed E-state index contributed by atoms with van der Waals surface area (Å²) < 4.78 is 54.8. The topological polar surface area (TPSA) is 9.23 Å². The highest BCUT2D eigenvalue weighted by molar-refractivity contribution is 5.63. The molecular weight excluding hydrogens is 284 g/mol. The predicted molar refractivity (Wildman–Crippen MR) is 72.1 cm³/mol. The fourth-order valence-electron chi connectivity index (χ4n) is 1.80. The Bertz CT molecular complexity index is 590. The maximum absolute atomic E-state index is 12.9. The lowest BCUT2D eigenvalue weighted by Gasteiger charge is -2.16. The molecule has 0 N–H and O–H groups in total. The largest absolute Gasteiger partial charge is 0.414 e. The number of alkyl halides is 3. The van der Waals surface area contributed by atoms with Gasteiger partial charge in [-0.1, -0.05) is 30.3 Å². The first-order chi connectivity index (χ1) is 9.86. The second-order valence-electron chi connectivity index (χ2n) is 4.70. The van der Waals surface area contributed by atoms with E-state index in [4.69, 9.17) is 4.74 Å². The number of halogens is 4. The van der Waals surface area contributed by atoms with E-state index in [1.54, 1.807) is 30.3 Å². The molecule has 0 amide bonds. The molecule has 2 aromatic rings. The smallest absolute Gasteiger partial charge is 0.364 e. The van der Waals surface area contributed by atoms with Crippen LogP contribution in [0.25, 0.3) is 11.1 Å². The van der Waals surface area contributed by atoms with Gasteiger partial charge >= 0.3 is 6.18 Å². The van der Waals surface area contributed by atoms with E-state index < -0.39 is 12.3 Å². The number of rotatable bonds is 4. The standard InChI is InChI=1S/C16H14F4O/c1-11(16(18,19)20)21-10-12-3-2-4-14(9-12)13-5-7-15(17)8-6-13/h2-9,11H,10H2,1H3/t11-/m1/s1. The second kappa shape index (κ2) is 6.26. The summed E-state index contributed by atoms with van der Waals surface area (Å²) in [6.45, 7) is 0.847. The predicted octanol–water partition coefficient (Wildman–Crippen LogP) is 4.96. The molecule has 0 fully saturated rings. The van der Waals surface area contributed by atoms with Gasteiger partial charge in [0.05, 0.1) is 6.61 Å². The lowest BCUT2D eigenvalue weighted by molar-refractivity contribution is -0.217. The Morgan fingerprint density at radius 1 is 1.00 bits per heavy atom. The zero-order valence-electron chi connectivity index (χ0n) is 11.3. The minimum atomic E-state index is -4.37. The SMILES string of the molecule is C[C@@H](OCc1cccc(-c2ccc(F)cc2)c1)C(F)(F)F. The molecule has 0 heterocycles. The van der Waals surface area contributed by atoms with Crippen molar-refractivity contribution in [3.8, 4) is 11.1 Å². The molecule has 112 valence electrons. The van der Waals surface area contributed by atoms with E-state index >= 15 is 0 Å². The lowest BCUT2D eigenvalue weighted by Crippen LogP contribution is -2.28. The maximum atomic E-state index is 12.9. The fourth-order valence-corrected chi connectivity index (χ4v) is 1.80. The van der Waals surface area contributed by atoms with Gasteiger partial charge in [0, 0.05) is 0 Å². The van der Waals surface area contributed by atoms with Crippen molar-refractivity contribution in [3.05, 3.63) is 59.9 Å². The van der Waals surface area contributed by atoms with E-state index in [1.165, 1.54) is 12.1 Å². The van der Waals surface area contributed by atoms with Gasteiger partial charge in [0.15, 0.2) is 6.10 Å². The van der Waals surface area contributed by atoms with Gasteiger partial charge in [-0.2, -0.15) is 13.2 Å². The Morgan fingerprint density at radius 3 is 2.29 bits per heavy atom. The van der Waals surface area contributed by atoms with Crippen molar-refractivity contribution >= 4 is 0 Å². The first kappa shape index (κ1) is 15.5. The third-order valence-electron chi connectivity index (χ3n) is 3.07. The first-order valence-electron chi connectivity index (χ1n) is 6.39. The minimum absolute atomic E-state index is 0.129. The van der Waals surface area contributed by atoms with Gasteiger partial charge in [0.1, 0.15) is 5.82 Å². The molecule has 5 heteroatoms. The molecule has 0 saturated carbocycles. The van der Waals surface area contributed by atoms with Crippen LogP contribution >= 0.6 is 0 Å². The van der Waals surface area contributed by atoms with Crippen LogP contribution < -0.4 is 0 Å². The maximum Gasteiger partial charge on any atom is 0.414 e. The monoisotopic (exact) mass is 298 g/mol. The molecule has 0 aliphatic heterocycles. The number of hydrogen-bond donors (Lipinski definition) is 0. The molecule has 1 nitrogen and oxygen atoms in total. The van der Waals surface area contributed by atoms with Crippen molar-refractivity contribution in [2.45, 2.75) is 25.8 Å². The molecule has 1 atom stereocenters. The zero-order chi connectivity index (χ0) is 15.5. The van der Waals surface area contributed by atoms with Crippen molar-refractivity contribution < 1.29 is 22.3 Å². The molecule has 0 saturated heterocycles. The quantitative estimate of drug-likeness (QED) is 0.725. The Hall–Kier alpha value is -1.88. The average Bonchev–Trinajstić information content (AvgIpc) is 2.45. The summed E-state index contributed by atoms with van der Waals surface area (Å²) in [5.74, 6) is -0.336. The van der Waals surface area contributed by atoms with Gasteiger partial charge < -0.3 is 4.74 Å². The summed E-state index contributed by atoms with van der Waals surface area (Å²) in [5, 5.41) is 0. The van der Waals surface area contributed by atoms with E-state index in [2.05, 4.69) is 0 Å². The van der Waals surface area contributed by atoms with Crippen LogP contribution in [0.4, 0.5) is 17.6 Å². The van der Waals surface area contributed by atoms with Crippen LogP contribution in [-0.2, 0) is 11.3 Å². The summed E-state index contributed by atoms with van der Waals surface area (Å²) >= 11 is 0. The van der Waals surface area contributed by atoms with Crippen molar-refractivity contribution in [2.75, 3.05) is 0 Å². The summed E-state index contributed by atoms with van der Waals surface area (Å²) in [6.07, 6.45) is -6.18. The first-order valence-corrected chi connectivity index (χ1v) is 6.39. The van der Waals surface area contributed by atoms with Gasteiger partial charge in [-0.25, -0.2) is 4.39 Å². The van der Waals surface area contributed by atoms with Crippen molar-refractivity contribution in [2.24, 2.45) is 0 Å². The molecule has 21 heavy (non-hydrogen) atoms. The summed E-state index contributed by atoms with van der Waals surface area (Å²) in [6, 6.07) is 12.9. The molecule has 0 aliphatic rings. The highest BCUT2D eigenvalue weighted by Gasteiger charge is 2.36. The highest BCUT2D eigenvalue weighted by atomic mass is 19.4. The average molecular weight is 298 g/mol. The van der Waals surface area contributed by atoms with Crippen LogP contribution in [0.3, 0.4) is 0 Å². The van der Waals surface area contributed by atoms with Crippen molar-refractivity contribution in [3.63, 3.8) is 0 Å². The normalized spacial score (nSPS) is 13.2. The van der Waals surface area contributed by atoms with Crippen LogP contribution in [0.2, 0.25) is 0 Å².